The number of ether oxygens (including phenoxy) is 1. The molecular formula is C27H32ClN3O3. The maximum Gasteiger partial charge on any atom is 0.258 e. The third-order valence-corrected chi connectivity index (χ3v) is 7.70. The lowest BCUT2D eigenvalue weighted by Gasteiger charge is -2.35. The Balaban J connectivity index is 1.43. The lowest BCUT2D eigenvalue weighted by atomic mass is 9.80. The van der Waals surface area contributed by atoms with Crippen molar-refractivity contribution < 1.29 is 14.4 Å². The standard InChI is InChI=1S/C27H32ClN3O3/c1-17(2)33-23-9-8-18(14-22(23)28)25-29-24(30-34-25)20-6-5-7-21-19(20)10-11-27(21)12-13-31(15-27)26(3,4)16-32/h5-9,14,17,32H,10-13,15-16H2,1-4H3. The highest BCUT2D eigenvalue weighted by Gasteiger charge is 2.47. The van der Waals surface area contributed by atoms with E-state index in [2.05, 4.69) is 42.1 Å². The number of aromatic nitrogens is 2. The van der Waals surface area contributed by atoms with Crippen LogP contribution in [0.25, 0.3) is 22.8 Å². The number of hydrogen-bond donors (Lipinski definition) is 1. The van der Waals surface area contributed by atoms with Crippen LogP contribution >= 0.6 is 11.6 Å². The Morgan fingerprint density at radius 1 is 1.24 bits per heavy atom. The van der Waals surface area contributed by atoms with E-state index < -0.39 is 0 Å². The van der Waals surface area contributed by atoms with Crippen molar-refractivity contribution in [2.24, 2.45) is 0 Å². The summed E-state index contributed by atoms with van der Waals surface area (Å²) in [4.78, 5) is 7.15. The van der Waals surface area contributed by atoms with Crippen LogP contribution in [0.1, 0.15) is 51.7 Å². The van der Waals surface area contributed by atoms with E-state index in [0.717, 1.165) is 43.5 Å². The van der Waals surface area contributed by atoms with Crippen LogP contribution < -0.4 is 4.74 Å². The molecule has 6 nitrogen and oxygen atoms in total. The second-order valence-electron chi connectivity index (χ2n) is 10.5. The molecule has 1 atom stereocenters. The van der Waals surface area contributed by atoms with Gasteiger partial charge in [0.25, 0.3) is 5.89 Å². The van der Waals surface area contributed by atoms with Crippen molar-refractivity contribution in [2.45, 2.75) is 64.0 Å². The molecule has 1 aliphatic heterocycles. The molecule has 2 aliphatic rings. The average Bonchev–Trinajstić information content (AvgIpc) is 3.55. The van der Waals surface area contributed by atoms with Crippen LogP contribution in [-0.2, 0) is 11.8 Å². The van der Waals surface area contributed by atoms with Crippen molar-refractivity contribution in [3.8, 4) is 28.6 Å². The summed E-state index contributed by atoms with van der Waals surface area (Å²) in [7, 11) is 0. The first-order valence-corrected chi connectivity index (χ1v) is 12.4. The molecule has 2 heterocycles. The van der Waals surface area contributed by atoms with Gasteiger partial charge in [0.15, 0.2) is 0 Å². The van der Waals surface area contributed by atoms with E-state index in [0.29, 0.717) is 22.5 Å². The van der Waals surface area contributed by atoms with Crippen LogP contribution in [0.15, 0.2) is 40.9 Å². The van der Waals surface area contributed by atoms with E-state index in [4.69, 9.17) is 25.8 Å². The van der Waals surface area contributed by atoms with E-state index in [1.54, 1.807) is 6.07 Å². The number of aliphatic hydroxyl groups is 1. The average molecular weight is 482 g/mol. The summed E-state index contributed by atoms with van der Waals surface area (Å²) in [6, 6.07) is 12.0. The molecule has 34 heavy (non-hydrogen) atoms. The van der Waals surface area contributed by atoms with Gasteiger partial charge in [-0.05, 0) is 82.8 Å². The molecule has 1 N–H and O–H groups in total. The molecule has 0 saturated carbocycles. The Hall–Kier alpha value is -2.41. The van der Waals surface area contributed by atoms with Crippen molar-refractivity contribution >= 4 is 11.6 Å². The van der Waals surface area contributed by atoms with Gasteiger partial charge in [-0.1, -0.05) is 35.0 Å². The van der Waals surface area contributed by atoms with Crippen molar-refractivity contribution in [3.63, 3.8) is 0 Å². The molecule has 3 aromatic rings. The zero-order valence-electron chi connectivity index (χ0n) is 20.3. The van der Waals surface area contributed by atoms with Gasteiger partial charge in [-0.2, -0.15) is 4.98 Å². The van der Waals surface area contributed by atoms with Gasteiger partial charge in [0.05, 0.1) is 17.7 Å². The van der Waals surface area contributed by atoms with E-state index in [9.17, 15) is 5.11 Å². The fourth-order valence-corrected chi connectivity index (χ4v) is 5.63. The summed E-state index contributed by atoms with van der Waals surface area (Å²) in [5.74, 6) is 1.68. The Morgan fingerprint density at radius 2 is 2.06 bits per heavy atom. The second-order valence-corrected chi connectivity index (χ2v) is 10.9. The Morgan fingerprint density at radius 3 is 2.79 bits per heavy atom. The van der Waals surface area contributed by atoms with Gasteiger partial charge in [-0.25, -0.2) is 0 Å². The monoisotopic (exact) mass is 481 g/mol. The number of rotatable bonds is 6. The van der Waals surface area contributed by atoms with E-state index in [1.807, 2.05) is 26.0 Å². The quantitative estimate of drug-likeness (QED) is 0.501. The van der Waals surface area contributed by atoms with Gasteiger partial charge >= 0.3 is 0 Å². The fraction of sp³-hybridized carbons (Fsp3) is 0.481. The highest BCUT2D eigenvalue weighted by Crippen LogP contribution is 2.49. The first kappa shape index (κ1) is 23.3. The van der Waals surface area contributed by atoms with Crippen LogP contribution in [0.5, 0.6) is 5.75 Å². The number of fused-ring (bicyclic) bond motifs is 2. The second kappa shape index (κ2) is 8.67. The summed E-state index contributed by atoms with van der Waals surface area (Å²) in [6.07, 6.45) is 3.25. The van der Waals surface area contributed by atoms with Gasteiger partial charge in [0, 0.05) is 28.6 Å². The molecule has 0 amide bonds. The largest absolute Gasteiger partial charge is 0.489 e. The molecule has 0 radical (unpaired) electrons. The van der Waals surface area contributed by atoms with E-state index in [-0.39, 0.29) is 23.7 Å². The first-order chi connectivity index (χ1) is 16.2. The first-order valence-electron chi connectivity index (χ1n) is 12.0. The Kier molecular flexibility index (Phi) is 5.95. The molecule has 1 unspecified atom stereocenters. The van der Waals surface area contributed by atoms with Crippen LogP contribution in [0, 0.1) is 0 Å². The normalized spacial score (nSPS) is 20.4. The zero-order valence-corrected chi connectivity index (χ0v) is 21.0. The van der Waals surface area contributed by atoms with Gasteiger partial charge in [-0.15, -0.1) is 0 Å². The maximum absolute atomic E-state index is 9.86. The summed E-state index contributed by atoms with van der Waals surface area (Å²) >= 11 is 6.41. The van der Waals surface area contributed by atoms with E-state index >= 15 is 0 Å². The number of nitrogens with zero attached hydrogens (tertiary/aromatic N) is 3. The zero-order chi connectivity index (χ0) is 24.1. The molecule has 1 saturated heterocycles. The highest BCUT2D eigenvalue weighted by atomic mass is 35.5. The minimum Gasteiger partial charge on any atom is -0.489 e. The number of benzene rings is 2. The van der Waals surface area contributed by atoms with Crippen LogP contribution in [-0.4, -0.2) is 51.5 Å². The predicted molar refractivity (Wildman–Crippen MR) is 133 cm³/mol. The molecule has 1 aromatic heterocycles. The molecule has 1 fully saturated rings. The Labute approximate surface area is 205 Å². The Bertz CT molecular complexity index is 1210. The topological polar surface area (TPSA) is 71.6 Å². The van der Waals surface area contributed by atoms with Gasteiger partial charge in [0.1, 0.15) is 5.75 Å². The SMILES string of the molecule is CC(C)Oc1ccc(-c2nc(-c3cccc4c3CCC43CCN(C(C)(C)CO)C3)no2)cc1Cl. The summed E-state index contributed by atoms with van der Waals surface area (Å²) in [6.45, 7) is 10.3. The number of hydrogen-bond acceptors (Lipinski definition) is 6. The van der Waals surface area contributed by atoms with Gasteiger partial charge < -0.3 is 14.4 Å². The van der Waals surface area contributed by atoms with Crippen molar-refractivity contribution in [1.29, 1.82) is 0 Å². The fourth-order valence-electron chi connectivity index (χ4n) is 5.41. The van der Waals surface area contributed by atoms with Gasteiger partial charge in [-0.3, -0.25) is 4.90 Å². The summed E-state index contributed by atoms with van der Waals surface area (Å²) < 4.78 is 11.4. The minimum atomic E-state index is -0.205. The van der Waals surface area contributed by atoms with Crippen molar-refractivity contribution in [3.05, 3.63) is 52.5 Å². The molecule has 0 bridgehead atoms. The predicted octanol–water partition coefficient (Wildman–Crippen LogP) is 5.50. The number of halogens is 1. The third-order valence-electron chi connectivity index (χ3n) is 7.41. The molecule has 1 spiro atoms. The molecule has 1 aliphatic carbocycles. The third kappa shape index (κ3) is 4.02. The highest BCUT2D eigenvalue weighted by molar-refractivity contribution is 6.32. The molecule has 180 valence electrons. The smallest absolute Gasteiger partial charge is 0.258 e. The molecule has 5 rings (SSSR count). The van der Waals surface area contributed by atoms with Crippen molar-refractivity contribution in [2.75, 3.05) is 19.7 Å². The molecule has 7 heteroatoms. The molecule has 2 aromatic carbocycles. The van der Waals surface area contributed by atoms with E-state index in [1.165, 1.54) is 11.1 Å². The summed E-state index contributed by atoms with van der Waals surface area (Å²) in [5, 5.41) is 14.7. The number of aliphatic hydroxyl groups excluding tert-OH is 1. The van der Waals surface area contributed by atoms with Crippen LogP contribution in [0.3, 0.4) is 0 Å². The van der Waals surface area contributed by atoms with Crippen LogP contribution in [0.4, 0.5) is 0 Å². The van der Waals surface area contributed by atoms with Crippen molar-refractivity contribution in [1.82, 2.24) is 15.0 Å². The lowest BCUT2D eigenvalue weighted by Crippen LogP contribution is -2.46. The number of likely N-dealkylation sites (tertiary alicyclic amines) is 1. The van der Waals surface area contributed by atoms with Crippen LogP contribution in [0.2, 0.25) is 5.02 Å². The molecular weight excluding hydrogens is 450 g/mol. The van der Waals surface area contributed by atoms with Gasteiger partial charge in [0.2, 0.25) is 5.82 Å². The lowest BCUT2D eigenvalue weighted by molar-refractivity contribution is 0.0723. The maximum atomic E-state index is 9.86. The minimum absolute atomic E-state index is 0.0449. The summed E-state index contributed by atoms with van der Waals surface area (Å²) in [5.41, 5.74) is 4.44.